The Morgan fingerprint density at radius 2 is 1.59 bits per heavy atom. The van der Waals surface area contributed by atoms with Crippen molar-refractivity contribution in [3.63, 3.8) is 0 Å². The number of carbonyl (C=O) groups is 1. The largest absolute Gasteiger partial charge is 0.506 e. The van der Waals surface area contributed by atoms with Crippen molar-refractivity contribution in [2.75, 3.05) is 38.0 Å². The van der Waals surface area contributed by atoms with E-state index >= 15 is 0 Å². The molecule has 2 aromatic carbocycles. The predicted molar refractivity (Wildman–Crippen MR) is 224 cm³/mol. The van der Waals surface area contributed by atoms with Gasteiger partial charge >= 0.3 is 6.09 Å². The molecule has 0 radical (unpaired) electrons. The van der Waals surface area contributed by atoms with E-state index < -0.39 is 8.32 Å². The SMILES string of the molecule is CC(C)(C)[Si](C)(C)O[C@@H](CNCCCCCCCCCN1CCC(OC(=O)Nc2ccccc2C2CCCCC2)CC1)c1ccc(O)c2[nH]c(=O)ccc12. The Hall–Kier alpha value is -3.18. The Balaban J connectivity index is 0.935. The molecule has 1 aromatic heterocycles. The molecular formula is C44H68N4O5Si. The van der Waals surface area contributed by atoms with Gasteiger partial charge in [0.1, 0.15) is 11.9 Å². The lowest BCUT2D eigenvalue weighted by atomic mass is 9.83. The zero-order chi connectivity index (χ0) is 38.6. The Bertz CT molecular complexity index is 1670. The van der Waals surface area contributed by atoms with Gasteiger partial charge in [-0.3, -0.25) is 10.1 Å². The molecule has 1 aliphatic heterocycles. The van der Waals surface area contributed by atoms with Crippen molar-refractivity contribution in [1.29, 1.82) is 0 Å². The molecule has 298 valence electrons. The first kappa shape index (κ1) is 42.0. The zero-order valence-corrected chi connectivity index (χ0v) is 34.8. The number of para-hydroxylation sites is 1. The first-order valence-corrected chi connectivity index (χ1v) is 23.8. The number of ether oxygens (including phenoxy) is 1. The lowest BCUT2D eigenvalue weighted by molar-refractivity contribution is 0.0584. The summed E-state index contributed by atoms with van der Waals surface area (Å²) in [6.45, 7) is 16.0. The summed E-state index contributed by atoms with van der Waals surface area (Å²) in [5, 5.41) is 18.1. The normalized spacial score (nSPS) is 17.1. The molecule has 1 atom stereocenters. The average Bonchev–Trinajstić information content (AvgIpc) is 3.14. The van der Waals surface area contributed by atoms with E-state index in [4.69, 9.17) is 9.16 Å². The Kier molecular flexibility index (Phi) is 15.6. The lowest BCUT2D eigenvalue weighted by Crippen LogP contribution is -2.43. The van der Waals surface area contributed by atoms with Crippen molar-refractivity contribution in [3.8, 4) is 5.75 Å². The fourth-order valence-corrected chi connectivity index (χ4v) is 9.19. The minimum Gasteiger partial charge on any atom is -0.506 e. The maximum Gasteiger partial charge on any atom is 0.411 e. The monoisotopic (exact) mass is 760 g/mol. The summed E-state index contributed by atoms with van der Waals surface area (Å²) in [7, 11) is -2.10. The molecule has 0 bridgehead atoms. The second-order valence-corrected chi connectivity index (χ2v) is 22.1. The third-order valence-corrected chi connectivity index (χ3v) is 16.7. The number of carbonyl (C=O) groups excluding carboxylic acids is 1. The van der Waals surface area contributed by atoms with Gasteiger partial charge in [-0.15, -0.1) is 0 Å². The second-order valence-electron chi connectivity index (χ2n) is 17.3. The minimum atomic E-state index is -2.10. The highest BCUT2D eigenvalue weighted by Gasteiger charge is 2.39. The quantitative estimate of drug-likeness (QED) is 0.0754. The van der Waals surface area contributed by atoms with Crippen LogP contribution in [-0.2, 0) is 9.16 Å². The van der Waals surface area contributed by atoms with E-state index in [1.807, 2.05) is 18.2 Å². The van der Waals surface area contributed by atoms with Gasteiger partial charge in [-0.05, 0) is 105 Å². The van der Waals surface area contributed by atoms with Crippen LogP contribution in [-0.4, -0.2) is 68.2 Å². The van der Waals surface area contributed by atoms with Gasteiger partial charge in [0.05, 0.1) is 11.6 Å². The molecule has 4 N–H and O–H groups in total. The second kappa shape index (κ2) is 20.1. The van der Waals surface area contributed by atoms with Gasteiger partial charge < -0.3 is 29.5 Å². The fourth-order valence-electron chi connectivity index (χ4n) is 7.91. The number of H-pyrrole nitrogens is 1. The Labute approximate surface area is 325 Å². The number of anilines is 1. The van der Waals surface area contributed by atoms with Crippen molar-refractivity contribution < 1.29 is 19.1 Å². The number of aromatic hydroxyl groups is 1. The minimum absolute atomic E-state index is 0.00677. The molecular weight excluding hydrogens is 693 g/mol. The van der Waals surface area contributed by atoms with Crippen LogP contribution >= 0.6 is 0 Å². The van der Waals surface area contributed by atoms with Crippen molar-refractivity contribution in [2.45, 2.75) is 147 Å². The third kappa shape index (κ3) is 12.2. The molecule has 9 nitrogen and oxygen atoms in total. The van der Waals surface area contributed by atoms with Gasteiger partial charge in [-0.2, -0.15) is 0 Å². The molecule has 2 heterocycles. The van der Waals surface area contributed by atoms with Crippen LogP contribution in [0.15, 0.2) is 53.3 Å². The summed E-state index contributed by atoms with van der Waals surface area (Å²) >= 11 is 0. The number of pyridine rings is 1. The summed E-state index contributed by atoms with van der Waals surface area (Å²) in [4.78, 5) is 30.2. The Morgan fingerprint density at radius 1 is 0.907 bits per heavy atom. The molecule has 0 unspecified atom stereocenters. The van der Waals surface area contributed by atoms with E-state index in [0.717, 1.165) is 62.1 Å². The molecule has 2 aliphatic rings. The van der Waals surface area contributed by atoms with E-state index in [0.29, 0.717) is 18.0 Å². The highest BCUT2D eigenvalue weighted by molar-refractivity contribution is 6.74. The van der Waals surface area contributed by atoms with Crippen molar-refractivity contribution in [1.82, 2.24) is 15.2 Å². The smallest absolute Gasteiger partial charge is 0.411 e. The first-order chi connectivity index (χ1) is 25.9. The van der Waals surface area contributed by atoms with Crippen molar-refractivity contribution >= 4 is 31.0 Å². The molecule has 54 heavy (non-hydrogen) atoms. The number of nitrogens with zero attached hydrogens (tertiary/aromatic N) is 1. The molecule has 2 fully saturated rings. The number of amides is 1. The van der Waals surface area contributed by atoms with E-state index in [9.17, 15) is 14.7 Å². The van der Waals surface area contributed by atoms with Crippen molar-refractivity contribution in [2.24, 2.45) is 0 Å². The lowest BCUT2D eigenvalue weighted by Gasteiger charge is -2.39. The molecule has 1 saturated heterocycles. The van der Waals surface area contributed by atoms with Crippen LogP contribution in [0.4, 0.5) is 10.5 Å². The number of aromatic amines is 1. The highest BCUT2D eigenvalue weighted by Crippen LogP contribution is 2.41. The van der Waals surface area contributed by atoms with Crippen LogP contribution in [0.1, 0.15) is 134 Å². The fraction of sp³-hybridized carbons (Fsp3) is 0.636. The summed E-state index contributed by atoms with van der Waals surface area (Å²) in [6, 6.07) is 15.2. The maximum atomic E-state index is 12.8. The number of benzene rings is 2. The van der Waals surface area contributed by atoms with Gasteiger partial charge in [0, 0.05) is 36.8 Å². The number of phenolic OH excluding ortho intramolecular Hbond substituents is 1. The average molecular weight is 761 g/mol. The van der Waals surface area contributed by atoms with Crippen LogP contribution in [0.2, 0.25) is 18.1 Å². The van der Waals surface area contributed by atoms with Gasteiger partial charge in [-0.25, -0.2) is 4.79 Å². The van der Waals surface area contributed by atoms with Crippen molar-refractivity contribution in [3.05, 3.63) is 70.0 Å². The number of nitrogens with one attached hydrogen (secondary N) is 3. The number of fused-ring (bicyclic) bond motifs is 1. The van der Waals surface area contributed by atoms with E-state index in [1.54, 1.807) is 12.1 Å². The van der Waals surface area contributed by atoms with Gasteiger partial charge in [0.2, 0.25) is 5.56 Å². The molecule has 5 rings (SSSR count). The number of hydrogen-bond donors (Lipinski definition) is 4. The van der Waals surface area contributed by atoms with Gasteiger partial charge in [0.15, 0.2) is 8.32 Å². The number of phenols is 1. The van der Waals surface area contributed by atoms with E-state index in [2.05, 4.69) is 66.5 Å². The summed E-state index contributed by atoms with van der Waals surface area (Å²) in [5.41, 5.74) is 3.40. The number of aromatic nitrogens is 1. The number of hydrogen-bond acceptors (Lipinski definition) is 7. The number of rotatable bonds is 18. The Morgan fingerprint density at radius 3 is 2.31 bits per heavy atom. The van der Waals surface area contributed by atoms with E-state index in [-0.39, 0.29) is 34.6 Å². The zero-order valence-electron chi connectivity index (χ0n) is 33.8. The topological polar surface area (TPSA) is 116 Å². The maximum absolute atomic E-state index is 12.8. The molecule has 1 amide bonds. The number of unbranched alkanes of at least 4 members (excludes halogenated alkanes) is 6. The molecule has 1 saturated carbocycles. The van der Waals surface area contributed by atoms with Crippen LogP contribution in [0.3, 0.4) is 0 Å². The van der Waals surface area contributed by atoms with Crippen LogP contribution in [0.5, 0.6) is 5.75 Å². The first-order valence-electron chi connectivity index (χ1n) is 20.9. The standard InChI is InChI=1S/C44H68N4O5Si/c1-44(2,3)54(4,5)53-40(36-22-24-39(49)42-37(36)23-25-41(50)47-42)32-45-28-16-9-7-6-8-10-17-29-48-30-26-34(27-31-48)52-43(51)46-38-21-15-14-20-35(38)33-18-12-11-13-19-33/h14-15,20-25,33-34,40,45,49H,6-13,16-19,26-32H2,1-5H3,(H,46,51)(H,47,50)/t40-/m0/s1. The number of likely N-dealkylation sites (tertiary alicyclic amines) is 1. The van der Waals surface area contributed by atoms with E-state index in [1.165, 1.54) is 82.3 Å². The molecule has 0 spiro atoms. The third-order valence-electron chi connectivity index (χ3n) is 12.2. The van der Waals surface area contributed by atoms with Gasteiger partial charge in [0.25, 0.3) is 0 Å². The molecule has 3 aromatic rings. The van der Waals surface area contributed by atoms with Crippen LogP contribution in [0, 0.1) is 0 Å². The molecule has 10 heteroatoms. The van der Waals surface area contributed by atoms with Crippen LogP contribution in [0.25, 0.3) is 10.9 Å². The van der Waals surface area contributed by atoms with Gasteiger partial charge in [-0.1, -0.05) is 96.4 Å². The predicted octanol–water partition coefficient (Wildman–Crippen LogP) is 10.4. The summed E-state index contributed by atoms with van der Waals surface area (Å²) < 4.78 is 12.8. The summed E-state index contributed by atoms with van der Waals surface area (Å²) in [5.74, 6) is 0.611. The number of piperidine rings is 1. The summed E-state index contributed by atoms with van der Waals surface area (Å²) in [6.07, 6.45) is 16.2. The van der Waals surface area contributed by atoms with Crippen LogP contribution < -0.4 is 16.2 Å². The molecule has 1 aliphatic carbocycles. The highest BCUT2D eigenvalue weighted by atomic mass is 28.4.